The van der Waals surface area contributed by atoms with E-state index >= 15 is 0 Å². The van der Waals surface area contributed by atoms with Gasteiger partial charge in [0.1, 0.15) is 6.04 Å². The van der Waals surface area contributed by atoms with Crippen molar-refractivity contribution in [2.24, 2.45) is 5.73 Å². The summed E-state index contributed by atoms with van der Waals surface area (Å²) in [7, 11) is 1.49. The van der Waals surface area contributed by atoms with Gasteiger partial charge in [-0.25, -0.2) is 9.97 Å². The number of carbonyl (C=O) groups excluding carboxylic acids is 1. The molecule has 1 aromatic rings. The van der Waals surface area contributed by atoms with Crippen LogP contribution in [0, 0.1) is 13.8 Å². The zero-order valence-electron chi connectivity index (χ0n) is 9.65. The Balaban J connectivity index is 2.69. The zero-order valence-corrected chi connectivity index (χ0v) is 9.65. The van der Waals surface area contributed by atoms with Crippen LogP contribution in [0.5, 0.6) is 0 Å². The van der Waals surface area contributed by atoms with Crippen molar-refractivity contribution in [1.29, 1.82) is 0 Å². The summed E-state index contributed by atoms with van der Waals surface area (Å²) >= 11 is 0. The average molecular weight is 224 g/mol. The van der Waals surface area contributed by atoms with Crippen molar-refractivity contribution < 1.29 is 9.53 Å². The van der Waals surface area contributed by atoms with E-state index in [9.17, 15) is 4.79 Å². The largest absolute Gasteiger partial charge is 0.383 e. The molecule has 1 heterocycles. The molecule has 0 radical (unpaired) electrons. The number of ether oxygens (including phenoxy) is 1. The van der Waals surface area contributed by atoms with Gasteiger partial charge in [-0.2, -0.15) is 0 Å². The SMILES string of the molecule is COCC(N)C(=O)Nc1nc(C)cc(C)n1. The first-order chi connectivity index (χ1) is 7.52. The summed E-state index contributed by atoms with van der Waals surface area (Å²) < 4.78 is 4.78. The fourth-order valence-electron chi connectivity index (χ4n) is 1.24. The number of methoxy groups -OCH3 is 1. The molecule has 1 unspecified atom stereocenters. The van der Waals surface area contributed by atoms with E-state index < -0.39 is 6.04 Å². The highest BCUT2D eigenvalue weighted by Gasteiger charge is 2.14. The number of nitrogens with one attached hydrogen (secondary N) is 1. The fourth-order valence-corrected chi connectivity index (χ4v) is 1.24. The Kier molecular flexibility index (Phi) is 4.33. The summed E-state index contributed by atoms with van der Waals surface area (Å²) in [6, 6.07) is 1.11. The van der Waals surface area contributed by atoms with Crippen molar-refractivity contribution in [3.63, 3.8) is 0 Å². The Bertz CT molecular complexity index is 361. The van der Waals surface area contributed by atoms with Crippen LogP contribution in [0.25, 0.3) is 0 Å². The molecule has 0 aliphatic rings. The molecule has 6 nitrogen and oxygen atoms in total. The van der Waals surface area contributed by atoms with Gasteiger partial charge in [0.15, 0.2) is 0 Å². The third kappa shape index (κ3) is 3.56. The number of nitrogens with zero attached hydrogens (tertiary/aromatic N) is 2. The van der Waals surface area contributed by atoms with E-state index in [-0.39, 0.29) is 18.5 Å². The predicted molar refractivity (Wildman–Crippen MR) is 60.0 cm³/mol. The molecule has 1 atom stereocenters. The Labute approximate surface area is 94.2 Å². The van der Waals surface area contributed by atoms with E-state index in [0.717, 1.165) is 11.4 Å². The minimum atomic E-state index is -0.714. The number of carbonyl (C=O) groups is 1. The van der Waals surface area contributed by atoms with Gasteiger partial charge in [-0.1, -0.05) is 0 Å². The molecular weight excluding hydrogens is 208 g/mol. The summed E-state index contributed by atoms with van der Waals surface area (Å²) in [6.07, 6.45) is 0. The molecule has 0 saturated heterocycles. The van der Waals surface area contributed by atoms with Gasteiger partial charge in [0.2, 0.25) is 11.9 Å². The second-order valence-corrected chi connectivity index (χ2v) is 3.53. The average Bonchev–Trinajstić information content (AvgIpc) is 2.16. The number of aryl methyl sites for hydroxylation is 2. The van der Waals surface area contributed by atoms with E-state index in [1.54, 1.807) is 0 Å². The van der Waals surface area contributed by atoms with Gasteiger partial charge in [0, 0.05) is 18.5 Å². The molecule has 88 valence electrons. The molecule has 3 N–H and O–H groups in total. The molecule has 0 aliphatic heterocycles. The number of amides is 1. The van der Waals surface area contributed by atoms with E-state index in [2.05, 4.69) is 15.3 Å². The number of rotatable bonds is 4. The van der Waals surface area contributed by atoms with Crippen molar-refractivity contribution >= 4 is 11.9 Å². The Morgan fingerprint density at radius 2 is 2.06 bits per heavy atom. The minimum absolute atomic E-state index is 0.163. The predicted octanol–water partition coefficient (Wildman–Crippen LogP) is 0.00564. The van der Waals surface area contributed by atoms with E-state index in [0.29, 0.717) is 0 Å². The van der Waals surface area contributed by atoms with Crippen LogP contribution in [-0.2, 0) is 9.53 Å². The van der Waals surface area contributed by atoms with Gasteiger partial charge < -0.3 is 10.5 Å². The molecule has 0 saturated carbocycles. The lowest BCUT2D eigenvalue weighted by Gasteiger charge is -2.10. The molecule has 6 heteroatoms. The molecule has 0 spiro atoms. The summed E-state index contributed by atoms with van der Waals surface area (Å²) in [6.45, 7) is 3.83. The zero-order chi connectivity index (χ0) is 12.1. The molecule has 1 rings (SSSR count). The van der Waals surface area contributed by atoms with Gasteiger partial charge in [-0.15, -0.1) is 0 Å². The summed E-state index contributed by atoms with van der Waals surface area (Å²) in [5, 5.41) is 2.54. The van der Waals surface area contributed by atoms with Crippen LogP contribution in [0.3, 0.4) is 0 Å². The number of nitrogens with two attached hydrogens (primary N) is 1. The maximum absolute atomic E-state index is 11.5. The second-order valence-electron chi connectivity index (χ2n) is 3.53. The first-order valence-electron chi connectivity index (χ1n) is 4.90. The Hall–Kier alpha value is -1.53. The van der Waals surface area contributed by atoms with Gasteiger partial charge in [0.25, 0.3) is 0 Å². The topological polar surface area (TPSA) is 90.1 Å². The highest BCUT2D eigenvalue weighted by molar-refractivity contribution is 5.93. The van der Waals surface area contributed by atoms with Crippen LogP contribution < -0.4 is 11.1 Å². The monoisotopic (exact) mass is 224 g/mol. The first-order valence-corrected chi connectivity index (χ1v) is 4.90. The summed E-state index contributed by atoms with van der Waals surface area (Å²) in [5.74, 6) is -0.0825. The molecule has 1 aromatic heterocycles. The van der Waals surface area contributed by atoms with Crippen LogP contribution in [0.2, 0.25) is 0 Å². The summed E-state index contributed by atoms with van der Waals surface area (Å²) in [5.41, 5.74) is 7.15. The van der Waals surface area contributed by atoms with Gasteiger partial charge >= 0.3 is 0 Å². The third-order valence-corrected chi connectivity index (χ3v) is 1.90. The van der Waals surface area contributed by atoms with Crippen LogP contribution in [0.1, 0.15) is 11.4 Å². The molecule has 0 bridgehead atoms. The lowest BCUT2D eigenvalue weighted by molar-refractivity contribution is -0.118. The number of aromatic nitrogens is 2. The van der Waals surface area contributed by atoms with Gasteiger partial charge in [-0.3, -0.25) is 10.1 Å². The van der Waals surface area contributed by atoms with Crippen molar-refractivity contribution in [1.82, 2.24) is 9.97 Å². The van der Waals surface area contributed by atoms with Crippen LogP contribution in [-0.4, -0.2) is 35.6 Å². The Morgan fingerprint density at radius 1 is 1.50 bits per heavy atom. The molecule has 0 aliphatic carbocycles. The minimum Gasteiger partial charge on any atom is -0.383 e. The third-order valence-electron chi connectivity index (χ3n) is 1.90. The van der Waals surface area contributed by atoms with E-state index in [1.165, 1.54) is 7.11 Å². The lowest BCUT2D eigenvalue weighted by Crippen LogP contribution is -2.39. The van der Waals surface area contributed by atoms with Crippen LogP contribution >= 0.6 is 0 Å². The fraction of sp³-hybridized carbons (Fsp3) is 0.500. The number of anilines is 1. The van der Waals surface area contributed by atoms with E-state index in [4.69, 9.17) is 10.5 Å². The maximum atomic E-state index is 11.5. The highest BCUT2D eigenvalue weighted by Crippen LogP contribution is 2.03. The molecule has 0 fully saturated rings. The Morgan fingerprint density at radius 3 is 2.56 bits per heavy atom. The van der Waals surface area contributed by atoms with Crippen molar-refractivity contribution in [3.8, 4) is 0 Å². The van der Waals surface area contributed by atoms with Gasteiger partial charge in [-0.05, 0) is 19.9 Å². The molecule has 16 heavy (non-hydrogen) atoms. The van der Waals surface area contributed by atoms with Crippen molar-refractivity contribution in [2.75, 3.05) is 19.0 Å². The normalized spacial score (nSPS) is 12.2. The van der Waals surface area contributed by atoms with Crippen LogP contribution in [0.15, 0.2) is 6.07 Å². The number of hydrogen-bond donors (Lipinski definition) is 2. The molecule has 0 aromatic carbocycles. The molecular formula is C10H16N4O2. The quantitative estimate of drug-likeness (QED) is 0.751. The highest BCUT2D eigenvalue weighted by atomic mass is 16.5. The van der Waals surface area contributed by atoms with Crippen LogP contribution in [0.4, 0.5) is 5.95 Å². The van der Waals surface area contributed by atoms with Crippen molar-refractivity contribution in [2.45, 2.75) is 19.9 Å². The first kappa shape index (κ1) is 12.5. The van der Waals surface area contributed by atoms with E-state index in [1.807, 2.05) is 19.9 Å². The van der Waals surface area contributed by atoms with Crippen molar-refractivity contribution in [3.05, 3.63) is 17.5 Å². The molecule has 1 amide bonds. The number of hydrogen-bond acceptors (Lipinski definition) is 5. The standard InChI is InChI=1S/C10H16N4O2/c1-6-4-7(2)13-10(12-6)14-9(15)8(11)5-16-3/h4,8H,5,11H2,1-3H3,(H,12,13,14,15). The summed E-state index contributed by atoms with van der Waals surface area (Å²) in [4.78, 5) is 19.7. The smallest absolute Gasteiger partial charge is 0.246 e. The second kappa shape index (κ2) is 5.53. The lowest BCUT2D eigenvalue weighted by atomic mass is 10.3. The maximum Gasteiger partial charge on any atom is 0.246 e. The van der Waals surface area contributed by atoms with Gasteiger partial charge in [0.05, 0.1) is 6.61 Å².